The molecule has 1 atom stereocenters. The van der Waals surface area contributed by atoms with E-state index in [0.717, 1.165) is 49.3 Å². The molecule has 0 N–H and O–H groups in total. The normalized spacial score (nSPS) is 15.8. The van der Waals surface area contributed by atoms with Crippen LogP contribution < -0.4 is 0 Å². The first-order chi connectivity index (χ1) is 15.0. The van der Waals surface area contributed by atoms with Gasteiger partial charge < -0.3 is 9.47 Å². The zero-order valence-electron chi connectivity index (χ0n) is 18.4. The van der Waals surface area contributed by atoms with Gasteiger partial charge in [0, 0.05) is 45.3 Å². The van der Waals surface area contributed by atoms with E-state index in [9.17, 15) is 4.79 Å². The van der Waals surface area contributed by atoms with Crippen LogP contribution >= 0.6 is 11.8 Å². The molecule has 1 aliphatic heterocycles. The highest BCUT2D eigenvalue weighted by Gasteiger charge is 2.27. The molecule has 3 aromatic rings. The van der Waals surface area contributed by atoms with E-state index in [1.807, 2.05) is 41.6 Å². The Labute approximate surface area is 188 Å². The van der Waals surface area contributed by atoms with Gasteiger partial charge in [-0.1, -0.05) is 65.9 Å². The quantitative estimate of drug-likeness (QED) is 0.554. The Bertz CT molecular complexity index is 1030. The molecule has 6 nitrogen and oxygen atoms in total. The number of nitrogens with zero attached hydrogens (tertiary/aromatic N) is 5. The highest BCUT2D eigenvalue weighted by Crippen LogP contribution is 2.27. The van der Waals surface area contributed by atoms with Crippen LogP contribution in [0.15, 0.2) is 59.8 Å². The second kappa shape index (κ2) is 9.66. The molecule has 4 rings (SSSR count). The lowest BCUT2D eigenvalue weighted by atomic mass is 10.1. The first-order valence-corrected chi connectivity index (χ1v) is 11.6. The van der Waals surface area contributed by atoms with Gasteiger partial charge in [0.05, 0.1) is 5.25 Å². The van der Waals surface area contributed by atoms with Crippen LogP contribution in [-0.2, 0) is 18.4 Å². The van der Waals surface area contributed by atoms with E-state index >= 15 is 0 Å². The highest BCUT2D eigenvalue weighted by molar-refractivity contribution is 8.00. The predicted octanol–water partition coefficient (Wildman–Crippen LogP) is 3.62. The lowest BCUT2D eigenvalue weighted by Crippen LogP contribution is -2.50. The molecule has 1 fully saturated rings. The minimum absolute atomic E-state index is 0.171. The van der Waals surface area contributed by atoms with Crippen molar-refractivity contribution in [3.63, 3.8) is 0 Å². The molecular formula is C24H29N5OS. The molecule has 2 aromatic carbocycles. The van der Waals surface area contributed by atoms with E-state index in [1.54, 1.807) is 0 Å². The lowest BCUT2D eigenvalue weighted by Gasteiger charge is -2.35. The highest BCUT2D eigenvalue weighted by atomic mass is 32.2. The molecular weight excluding hydrogens is 406 g/mol. The molecule has 0 aliphatic carbocycles. The minimum atomic E-state index is -0.200. The fraction of sp³-hybridized carbons (Fsp3) is 0.375. The van der Waals surface area contributed by atoms with Gasteiger partial charge in [-0.3, -0.25) is 9.69 Å². The molecule has 1 unspecified atom stereocenters. The van der Waals surface area contributed by atoms with Crippen molar-refractivity contribution < 1.29 is 4.79 Å². The van der Waals surface area contributed by atoms with Crippen LogP contribution in [0.5, 0.6) is 0 Å². The molecule has 7 heteroatoms. The Kier molecular flexibility index (Phi) is 6.73. The average Bonchev–Trinajstić information content (AvgIpc) is 3.14. The summed E-state index contributed by atoms with van der Waals surface area (Å²) in [6.45, 7) is 8.31. The number of amides is 1. The maximum atomic E-state index is 13.0. The second-order valence-electron chi connectivity index (χ2n) is 8.08. The van der Waals surface area contributed by atoms with Gasteiger partial charge in [0.25, 0.3) is 0 Å². The number of hydrogen-bond donors (Lipinski definition) is 0. The van der Waals surface area contributed by atoms with E-state index < -0.39 is 0 Å². The van der Waals surface area contributed by atoms with E-state index in [2.05, 4.69) is 58.4 Å². The number of rotatable bonds is 6. The monoisotopic (exact) mass is 435 g/mol. The van der Waals surface area contributed by atoms with Crippen LogP contribution in [0.25, 0.3) is 11.4 Å². The summed E-state index contributed by atoms with van der Waals surface area (Å²) in [6.07, 6.45) is 0. The summed E-state index contributed by atoms with van der Waals surface area (Å²) in [5.41, 5.74) is 3.54. The average molecular weight is 436 g/mol. The van der Waals surface area contributed by atoms with Crippen molar-refractivity contribution in [2.45, 2.75) is 30.8 Å². The van der Waals surface area contributed by atoms with Crippen molar-refractivity contribution in [3.05, 3.63) is 65.7 Å². The fourth-order valence-electron chi connectivity index (χ4n) is 3.89. The molecule has 1 amide bonds. The third-order valence-corrected chi connectivity index (χ3v) is 6.80. The standard InChI is InChI=1S/C24H29N5OS/c1-18-8-7-11-21(16-18)22-25-26-24(27(22)3)31-19(2)23(30)29-14-12-28(13-15-29)17-20-9-5-4-6-10-20/h4-11,16,19H,12-15,17H2,1-3H3. The van der Waals surface area contributed by atoms with Crippen molar-refractivity contribution in [1.29, 1.82) is 0 Å². The molecule has 162 valence electrons. The third-order valence-electron chi connectivity index (χ3n) is 5.67. The number of carbonyl (C=O) groups excluding carboxylic acids is 1. The van der Waals surface area contributed by atoms with E-state index in [1.165, 1.54) is 22.9 Å². The van der Waals surface area contributed by atoms with Crippen molar-refractivity contribution >= 4 is 17.7 Å². The molecule has 0 spiro atoms. The largest absolute Gasteiger partial charge is 0.339 e. The number of thioether (sulfide) groups is 1. The number of aryl methyl sites for hydroxylation is 1. The first kappa shape index (κ1) is 21.6. The molecule has 1 aliphatic rings. The number of hydrogen-bond acceptors (Lipinski definition) is 5. The zero-order valence-corrected chi connectivity index (χ0v) is 19.2. The Hall–Kier alpha value is -2.64. The predicted molar refractivity (Wildman–Crippen MR) is 125 cm³/mol. The van der Waals surface area contributed by atoms with Crippen LogP contribution in [0.2, 0.25) is 0 Å². The van der Waals surface area contributed by atoms with Crippen LogP contribution in [0.3, 0.4) is 0 Å². The van der Waals surface area contributed by atoms with Crippen molar-refractivity contribution in [1.82, 2.24) is 24.6 Å². The minimum Gasteiger partial charge on any atom is -0.339 e. The smallest absolute Gasteiger partial charge is 0.235 e. The Morgan fingerprint density at radius 2 is 1.77 bits per heavy atom. The van der Waals surface area contributed by atoms with Crippen LogP contribution in [0.1, 0.15) is 18.1 Å². The summed E-state index contributed by atoms with van der Waals surface area (Å²) in [4.78, 5) is 17.4. The number of aromatic nitrogens is 3. The summed E-state index contributed by atoms with van der Waals surface area (Å²) < 4.78 is 1.97. The Morgan fingerprint density at radius 3 is 2.48 bits per heavy atom. The summed E-state index contributed by atoms with van der Waals surface area (Å²) in [5.74, 6) is 0.991. The molecule has 31 heavy (non-hydrogen) atoms. The molecule has 0 bridgehead atoms. The van der Waals surface area contributed by atoms with Gasteiger partial charge in [-0.2, -0.15) is 0 Å². The fourth-order valence-corrected chi connectivity index (χ4v) is 4.79. The van der Waals surface area contributed by atoms with Gasteiger partial charge >= 0.3 is 0 Å². The SMILES string of the molecule is Cc1cccc(-c2nnc(SC(C)C(=O)N3CCN(Cc4ccccc4)CC3)n2C)c1. The summed E-state index contributed by atoms with van der Waals surface area (Å²) in [5, 5.41) is 9.27. The van der Waals surface area contributed by atoms with Crippen molar-refractivity contribution in [2.75, 3.05) is 26.2 Å². The number of carbonyl (C=O) groups is 1. The first-order valence-electron chi connectivity index (χ1n) is 10.7. The topological polar surface area (TPSA) is 54.3 Å². The van der Waals surface area contributed by atoms with Gasteiger partial charge in [-0.25, -0.2) is 0 Å². The molecule has 2 heterocycles. The maximum Gasteiger partial charge on any atom is 0.235 e. The van der Waals surface area contributed by atoms with Gasteiger partial charge in [0.2, 0.25) is 5.91 Å². The van der Waals surface area contributed by atoms with Crippen molar-refractivity contribution in [2.24, 2.45) is 7.05 Å². The molecule has 0 saturated carbocycles. The van der Waals surface area contributed by atoms with E-state index in [0.29, 0.717) is 0 Å². The maximum absolute atomic E-state index is 13.0. The zero-order chi connectivity index (χ0) is 21.8. The molecule has 1 aromatic heterocycles. The Morgan fingerprint density at radius 1 is 1.03 bits per heavy atom. The third kappa shape index (κ3) is 5.17. The number of piperazine rings is 1. The van der Waals surface area contributed by atoms with Gasteiger partial charge in [-0.15, -0.1) is 10.2 Å². The summed E-state index contributed by atoms with van der Waals surface area (Å²) in [7, 11) is 1.96. The van der Waals surface area contributed by atoms with Crippen molar-refractivity contribution in [3.8, 4) is 11.4 Å². The number of benzene rings is 2. The lowest BCUT2D eigenvalue weighted by molar-refractivity contribution is -0.132. The summed E-state index contributed by atoms with van der Waals surface area (Å²) >= 11 is 1.48. The Balaban J connectivity index is 1.33. The van der Waals surface area contributed by atoms with Gasteiger partial charge in [0.1, 0.15) is 0 Å². The van der Waals surface area contributed by atoms with Gasteiger partial charge in [-0.05, 0) is 25.5 Å². The van der Waals surface area contributed by atoms with E-state index in [4.69, 9.17) is 0 Å². The van der Waals surface area contributed by atoms with Crippen LogP contribution in [-0.4, -0.2) is 61.9 Å². The van der Waals surface area contributed by atoms with Crippen LogP contribution in [0.4, 0.5) is 0 Å². The second-order valence-corrected chi connectivity index (χ2v) is 9.39. The van der Waals surface area contributed by atoms with E-state index in [-0.39, 0.29) is 11.2 Å². The van der Waals surface area contributed by atoms with Gasteiger partial charge in [0.15, 0.2) is 11.0 Å². The summed E-state index contributed by atoms with van der Waals surface area (Å²) in [6, 6.07) is 18.7. The molecule has 1 saturated heterocycles. The molecule has 0 radical (unpaired) electrons. The van der Waals surface area contributed by atoms with Crippen LogP contribution in [0, 0.1) is 6.92 Å².